The molecule has 0 spiro atoms. The van der Waals surface area contributed by atoms with Gasteiger partial charge in [0.15, 0.2) is 0 Å². The molecular formula is C24H31N3O4. The van der Waals surface area contributed by atoms with Crippen LogP contribution in [0.3, 0.4) is 0 Å². The Kier molecular flexibility index (Phi) is 8.03. The van der Waals surface area contributed by atoms with E-state index in [-0.39, 0.29) is 0 Å². The molecule has 0 fully saturated rings. The average molecular weight is 426 g/mol. The van der Waals surface area contributed by atoms with Crippen LogP contribution in [0, 0.1) is 0 Å². The van der Waals surface area contributed by atoms with Gasteiger partial charge in [0.2, 0.25) is 0 Å². The van der Waals surface area contributed by atoms with Gasteiger partial charge in [0.05, 0.1) is 43.1 Å². The molecular weight excluding hydrogens is 394 g/mol. The first-order valence-corrected chi connectivity index (χ1v) is 10.6. The summed E-state index contributed by atoms with van der Waals surface area (Å²) in [4.78, 5) is 16.3. The molecule has 31 heavy (non-hydrogen) atoms. The molecule has 3 rings (SSSR count). The summed E-state index contributed by atoms with van der Waals surface area (Å²) in [5.74, 6) is 0. The predicted octanol–water partition coefficient (Wildman–Crippen LogP) is 4.36. The van der Waals surface area contributed by atoms with Gasteiger partial charge in [-0.2, -0.15) is 0 Å². The Balaban J connectivity index is 1.35. The van der Waals surface area contributed by atoms with E-state index in [0.717, 1.165) is 27.5 Å². The fourth-order valence-corrected chi connectivity index (χ4v) is 3.14. The molecule has 0 saturated carbocycles. The van der Waals surface area contributed by atoms with Gasteiger partial charge in [0, 0.05) is 23.9 Å². The van der Waals surface area contributed by atoms with Crippen LogP contribution in [0.1, 0.15) is 20.8 Å². The lowest BCUT2D eigenvalue weighted by Gasteiger charge is -2.19. The van der Waals surface area contributed by atoms with E-state index in [1.807, 2.05) is 57.2 Å². The molecule has 1 aromatic heterocycles. The maximum absolute atomic E-state index is 11.5. The van der Waals surface area contributed by atoms with Crippen LogP contribution in [-0.2, 0) is 14.2 Å². The van der Waals surface area contributed by atoms with Gasteiger partial charge in [-0.25, -0.2) is 9.78 Å². The predicted molar refractivity (Wildman–Crippen MR) is 124 cm³/mol. The van der Waals surface area contributed by atoms with Crippen LogP contribution in [0.15, 0.2) is 48.5 Å². The molecule has 0 unspecified atom stereocenters. The Labute approximate surface area is 183 Å². The highest BCUT2D eigenvalue weighted by Crippen LogP contribution is 2.30. The maximum Gasteiger partial charge on any atom is 0.407 e. The molecule has 7 heteroatoms. The monoisotopic (exact) mass is 425 g/mol. The minimum Gasteiger partial charge on any atom is -0.444 e. The molecule has 2 aromatic carbocycles. The molecule has 0 aliphatic heterocycles. The molecule has 1 amide bonds. The summed E-state index contributed by atoms with van der Waals surface area (Å²) in [5, 5.41) is 8.36. The molecule has 2 N–H and O–H groups in total. The lowest BCUT2D eigenvalue weighted by Crippen LogP contribution is -2.34. The topological polar surface area (TPSA) is 81.7 Å². The number of fused-ring (bicyclic) bond motifs is 2. The van der Waals surface area contributed by atoms with Crippen molar-refractivity contribution in [2.45, 2.75) is 26.4 Å². The summed E-state index contributed by atoms with van der Waals surface area (Å²) in [7, 11) is 0. The summed E-state index contributed by atoms with van der Waals surface area (Å²) in [6, 6.07) is 16.3. The highest BCUT2D eigenvalue weighted by Gasteiger charge is 2.15. The minimum absolute atomic E-state index is 0.401. The third-order valence-corrected chi connectivity index (χ3v) is 4.42. The number of pyridine rings is 1. The second kappa shape index (κ2) is 10.9. The van der Waals surface area contributed by atoms with Crippen molar-refractivity contribution in [3.8, 4) is 0 Å². The Morgan fingerprint density at radius 2 is 1.39 bits per heavy atom. The first-order chi connectivity index (χ1) is 14.9. The molecule has 7 nitrogen and oxygen atoms in total. The lowest BCUT2D eigenvalue weighted by atomic mass is 10.1. The van der Waals surface area contributed by atoms with E-state index in [9.17, 15) is 4.79 Å². The third-order valence-electron chi connectivity index (χ3n) is 4.42. The van der Waals surface area contributed by atoms with Crippen LogP contribution >= 0.6 is 0 Å². The molecule has 0 saturated heterocycles. The summed E-state index contributed by atoms with van der Waals surface area (Å²) in [6.07, 6.45) is -0.436. The van der Waals surface area contributed by atoms with Gasteiger partial charge in [-0.3, -0.25) is 0 Å². The smallest absolute Gasteiger partial charge is 0.407 e. The molecule has 166 valence electrons. The van der Waals surface area contributed by atoms with Crippen molar-refractivity contribution in [2.75, 3.05) is 44.8 Å². The van der Waals surface area contributed by atoms with E-state index in [0.29, 0.717) is 39.5 Å². The van der Waals surface area contributed by atoms with Gasteiger partial charge in [-0.15, -0.1) is 0 Å². The van der Waals surface area contributed by atoms with E-state index in [1.165, 1.54) is 0 Å². The minimum atomic E-state index is -0.498. The number of hydrogen-bond acceptors (Lipinski definition) is 6. The number of alkyl carbamates (subject to hydrolysis) is 1. The SMILES string of the molecule is CC(C)(C)OC(=O)NCCOCCOCCNc1c2ccccc2nc2ccccc12. The van der Waals surface area contributed by atoms with Crippen molar-refractivity contribution in [3.05, 3.63) is 48.5 Å². The number of hydrogen-bond donors (Lipinski definition) is 2. The number of aromatic nitrogens is 1. The number of carbonyl (C=O) groups is 1. The normalized spacial score (nSPS) is 11.6. The van der Waals surface area contributed by atoms with Crippen LogP contribution < -0.4 is 10.6 Å². The largest absolute Gasteiger partial charge is 0.444 e. The number of ether oxygens (including phenoxy) is 3. The van der Waals surface area contributed by atoms with E-state index in [4.69, 9.17) is 19.2 Å². The molecule has 0 bridgehead atoms. The van der Waals surface area contributed by atoms with Crippen molar-refractivity contribution >= 4 is 33.6 Å². The average Bonchev–Trinajstić information content (AvgIpc) is 2.73. The Morgan fingerprint density at radius 3 is 1.97 bits per heavy atom. The summed E-state index contributed by atoms with van der Waals surface area (Å²) < 4.78 is 16.3. The van der Waals surface area contributed by atoms with Crippen LogP contribution in [0.25, 0.3) is 21.8 Å². The molecule has 1 heterocycles. The number of para-hydroxylation sites is 2. The summed E-state index contributed by atoms with van der Waals surface area (Å²) in [5.41, 5.74) is 2.52. The van der Waals surface area contributed by atoms with Crippen molar-refractivity contribution in [3.63, 3.8) is 0 Å². The standard InChI is InChI=1S/C24H31N3O4/c1-24(2,3)31-23(28)26-13-15-30-17-16-29-14-12-25-22-18-8-4-6-10-20(18)27-21-11-7-5-9-19(21)22/h4-11H,12-17H2,1-3H3,(H,25,27)(H,26,28). The van der Waals surface area contributed by atoms with E-state index >= 15 is 0 Å². The third kappa shape index (κ3) is 7.08. The fourth-order valence-electron chi connectivity index (χ4n) is 3.14. The van der Waals surface area contributed by atoms with Gasteiger partial charge >= 0.3 is 6.09 Å². The highest BCUT2D eigenvalue weighted by molar-refractivity contribution is 6.07. The first-order valence-electron chi connectivity index (χ1n) is 10.6. The van der Waals surface area contributed by atoms with Crippen molar-refractivity contribution in [2.24, 2.45) is 0 Å². The number of nitrogens with zero attached hydrogens (tertiary/aromatic N) is 1. The van der Waals surface area contributed by atoms with Crippen molar-refractivity contribution < 1.29 is 19.0 Å². The van der Waals surface area contributed by atoms with E-state index in [2.05, 4.69) is 22.8 Å². The van der Waals surface area contributed by atoms with Crippen molar-refractivity contribution in [1.29, 1.82) is 0 Å². The second-order valence-electron chi connectivity index (χ2n) is 8.10. The second-order valence-corrected chi connectivity index (χ2v) is 8.10. The maximum atomic E-state index is 11.5. The van der Waals surface area contributed by atoms with Gasteiger partial charge in [0.1, 0.15) is 5.60 Å². The quantitative estimate of drug-likeness (QED) is 0.371. The zero-order chi connectivity index (χ0) is 22.1. The molecule has 0 aliphatic carbocycles. The highest BCUT2D eigenvalue weighted by atomic mass is 16.6. The Hall–Kier alpha value is -2.90. The first kappa shape index (κ1) is 22.8. The molecule has 0 atom stereocenters. The number of rotatable bonds is 10. The number of carbonyl (C=O) groups excluding carboxylic acids is 1. The van der Waals surface area contributed by atoms with Crippen LogP contribution in [0.4, 0.5) is 10.5 Å². The number of amides is 1. The van der Waals surface area contributed by atoms with E-state index in [1.54, 1.807) is 0 Å². The summed E-state index contributed by atoms with van der Waals surface area (Å²) in [6.45, 7) is 8.50. The number of nitrogens with one attached hydrogen (secondary N) is 2. The van der Waals surface area contributed by atoms with Gasteiger partial charge < -0.3 is 24.8 Å². The van der Waals surface area contributed by atoms with Crippen LogP contribution in [0.2, 0.25) is 0 Å². The van der Waals surface area contributed by atoms with Gasteiger partial charge in [0.25, 0.3) is 0 Å². The summed E-state index contributed by atoms with van der Waals surface area (Å²) >= 11 is 0. The van der Waals surface area contributed by atoms with E-state index < -0.39 is 11.7 Å². The molecule has 0 radical (unpaired) electrons. The van der Waals surface area contributed by atoms with Crippen LogP contribution in [-0.4, -0.2) is 56.2 Å². The molecule has 0 aliphatic rings. The van der Waals surface area contributed by atoms with Crippen LogP contribution in [0.5, 0.6) is 0 Å². The number of anilines is 1. The van der Waals surface area contributed by atoms with Gasteiger partial charge in [-0.05, 0) is 32.9 Å². The Morgan fingerprint density at radius 1 is 0.839 bits per heavy atom. The molecule has 3 aromatic rings. The van der Waals surface area contributed by atoms with Gasteiger partial charge in [-0.1, -0.05) is 36.4 Å². The zero-order valence-electron chi connectivity index (χ0n) is 18.4. The lowest BCUT2D eigenvalue weighted by molar-refractivity contribution is 0.0415. The van der Waals surface area contributed by atoms with Crippen molar-refractivity contribution in [1.82, 2.24) is 10.3 Å². The zero-order valence-corrected chi connectivity index (χ0v) is 18.4. The fraction of sp³-hybridized carbons (Fsp3) is 0.417. The number of benzene rings is 2. The Bertz CT molecular complexity index is 947.